The highest BCUT2D eigenvalue weighted by Gasteiger charge is 2.23. The van der Waals surface area contributed by atoms with Crippen LogP contribution in [0, 0.1) is 5.92 Å². The third kappa shape index (κ3) is 4.72. The zero-order valence-electron chi connectivity index (χ0n) is 12.8. The summed E-state index contributed by atoms with van der Waals surface area (Å²) >= 11 is 0. The van der Waals surface area contributed by atoms with Gasteiger partial charge >= 0.3 is 0 Å². The fourth-order valence-corrected chi connectivity index (χ4v) is 3.10. The Labute approximate surface area is 122 Å². The Morgan fingerprint density at radius 3 is 2.40 bits per heavy atom. The molecule has 0 saturated carbocycles. The molecule has 0 aromatic carbocycles. The summed E-state index contributed by atoms with van der Waals surface area (Å²) in [7, 11) is 0. The quantitative estimate of drug-likeness (QED) is 0.803. The Hall–Kier alpha value is -0.650. The molecule has 0 spiro atoms. The van der Waals surface area contributed by atoms with Gasteiger partial charge in [0, 0.05) is 32.7 Å². The molecule has 0 aromatic rings. The molecule has 2 aliphatic rings. The highest BCUT2D eigenvalue weighted by Crippen LogP contribution is 2.16. The first-order valence-corrected chi connectivity index (χ1v) is 8.02. The second-order valence-electron chi connectivity index (χ2n) is 6.26. The van der Waals surface area contributed by atoms with E-state index in [0.717, 1.165) is 71.0 Å². The molecule has 2 saturated heterocycles. The maximum Gasteiger partial charge on any atom is 0.236 e. The fraction of sp³-hybridized carbons (Fsp3) is 0.933. The van der Waals surface area contributed by atoms with Crippen molar-refractivity contribution >= 4 is 5.91 Å². The summed E-state index contributed by atoms with van der Waals surface area (Å²) < 4.78 is 0. The predicted molar refractivity (Wildman–Crippen MR) is 79.6 cm³/mol. The van der Waals surface area contributed by atoms with Crippen molar-refractivity contribution < 1.29 is 9.90 Å². The number of hydrogen-bond donors (Lipinski definition) is 1. The number of piperidine rings is 1. The van der Waals surface area contributed by atoms with Crippen molar-refractivity contribution in [2.45, 2.75) is 26.2 Å². The van der Waals surface area contributed by atoms with Gasteiger partial charge in [-0.25, -0.2) is 0 Å². The molecule has 2 rings (SSSR count). The van der Waals surface area contributed by atoms with E-state index in [1.807, 2.05) is 4.90 Å². The average Bonchev–Trinajstić information content (AvgIpc) is 2.66. The number of nitrogens with zero attached hydrogens (tertiary/aromatic N) is 3. The van der Waals surface area contributed by atoms with Gasteiger partial charge in [0.05, 0.1) is 13.2 Å². The molecule has 1 N–H and O–H groups in total. The highest BCUT2D eigenvalue weighted by molar-refractivity contribution is 5.78. The first kappa shape index (κ1) is 15.7. The third-order valence-corrected chi connectivity index (χ3v) is 4.59. The summed E-state index contributed by atoms with van der Waals surface area (Å²) in [5, 5.41) is 9.00. The van der Waals surface area contributed by atoms with Crippen molar-refractivity contribution in [1.29, 1.82) is 0 Å². The lowest BCUT2D eigenvalue weighted by molar-refractivity contribution is -0.133. The predicted octanol–water partition coefficient (Wildman–Crippen LogP) is 0.245. The topological polar surface area (TPSA) is 47.0 Å². The van der Waals surface area contributed by atoms with Crippen molar-refractivity contribution in [3.63, 3.8) is 0 Å². The van der Waals surface area contributed by atoms with E-state index < -0.39 is 0 Å². The van der Waals surface area contributed by atoms with Crippen LogP contribution < -0.4 is 0 Å². The molecule has 116 valence electrons. The van der Waals surface area contributed by atoms with E-state index in [1.54, 1.807) is 0 Å². The van der Waals surface area contributed by atoms with Crippen LogP contribution in [0.5, 0.6) is 0 Å². The van der Waals surface area contributed by atoms with E-state index in [9.17, 15) is 4.79 Å². The van der Waals surface area contributed by atoms with Crippen molar-refractivity contribution in [2.24, 2.45) is 5.92 Å². The van der Waals surface area contributed by atoms with Crippen molar-refractivity contribution in [1.82, 2.24) is 14.7 Å². The van der Waals surface area contributed by atoms with Crippen molar-refractivity contribution in [2.75, 3.05) is 59.0 Å². The van der Waals surface area contributed by atoms with Crippen molar-refractivity contribution in [3.8, 4) is 0 Å². The van der Waals surface area contributed by atoms with Gasteiger partial charge in [-0.2, -0.15) is 0 Å². The number of likely N-dealkylation sites (tertiary alicyclic amines) is 1. The number of aliphatic hydroxyl groups is 1. The molecular formula is C15H29N3O2. The number of carbonyl (C=O) groups excluding carboxylic acids is 1. The molecule has 2 aliphatic heterocycles. The Balaban J connectivity index is 1.74. The van der Waals surface area contributed by atoms with E-state index in [-0.39, 0.29) is 6.61 Å². The molecule has 0 bridgehead atoms. The number of hydrogen-bond acceptors (Lipinski definition) is 4. The van der Waals surface area contributed by atoms with Crippen LogP contribution >= 0.6 is 0 Å². The maximum atomic E-state index is 12.3. The summed E-state index contributed by atoms with van der Waals surface area (Å²) in [4.78, 5) is 18.9. The maximum absolute atomic E-state index is 12.3. The van der Waals surface area contributed by atoms with Gasteiger partial charge in [-0.1, -0.05) is 6.92 Å². The van der Waals surface area contributed by atoms with E-state index in [1.165, 1.54) is 0 Å². The lowest BCUT2D eigenvalue weighted by Gasteiger charge is -2.32. The lowest BCUT2D eigenvalue weighted by Crippen LogP contribution is -2.44. The monoisotopic (exact) mass is 283 g/mol. The number of carbonyl (C=O) groups is 1. The van der Waals surface area contributed by atoms with E-state index in [4.69, 9.17) is 5.11 Å². The second kappa shape index (κ2) is 7.96. The Bertz CT molecular complexity index is 303. The van der Waals surface area contributed by atoms with E-state index in [2.05, 4.69) is 16.7 Å². The molecule has 20 heavy (non-hydrogen) atoms. The summed E-state index contributed by atoms with van der Waals surface area (Å²) in [5.41, 5.74) is 0. The normalized spacial score (nSPS) is 23.8. The smallest absolute Gasteiger partial charge is 0.236 e. The number of rotatable bonds is 4. The van der Waals surface area contributed by atoms with Crippen LogP contribution in [0.2, 0.25) is 0 Å². The molecule has 0 radical (unpaired) electrons. The average molecular weight is 283 g/mol. The Morgan fingerprint density at radius 1 is 1.05 bits per heavy atom. The van der Waals surface area contributed by atoms with Crippen molar-refractivity contribution in [3.05, 3.63) is 0 Å². The summed E-state index contributed by atoms with van der Waals surface area (Å²) in [6, 6.07) is 0. The zero-order valence-corrected chi connectivity index (χ0v) is 12.8. The molecule has 5 nitrogen and oxygen atoms in total. The van der Waals surface area contributed by atoms with Crippen LogP contribution in [0.15, 0.2) is 0 Å². The minimum atomic E-state index is 0.227. The number of aliphatic hydroxyl groups excluding tert-OH is 1. The second-order valence-corrected chi connectivity index (χ2v) is 6.26. The molecule has 0 atom stereocenters. The summed E-state index contributed by atoms with van der Waals surface area (Å²) in [6.45, 7) is 9.63. The van der Waals surface area contributed by atoms with Crippen LogP contribution in [0.3, 0.4) is 0 Å². The SMILES string of the molecule is CC1CCN(C(=O)CN2CCCN(CCO)CC2)CC1. The highest BCUT2D eigenvalue weighted by atomic mass is 16.3. The zero-order chi connectivity index (χ0) is 14.4. The standard InChI is InChI=1S/C15H29N3O2/c1-14-3-7-18(8-4-14)15(20)13-17-6-2-5-16(9-10-17)11-12-19/h14,19H,2-13H2,1H3. The minimum Gasteiger partial charge on any atom is -0.395 e. The first-order chi connectivity index (χ1) is 9.69. The molecular weight excluding hydrogens is 254 g/mol. The Morgan fingerprint density at radius 2 is 1.70 bits per heavy atom. The van der Waals surface area contributed by atoms with E-state index in [0.29, 0.717) is 12.5 Å². The van der Waals surface area contributed by atoms with Gasteiger partial charge in [-0.3, -0.25) is 14.6 Å². The third-order valence-electron chi connectivity index (χ3n) is 4.59. The van der Waals surface area contributed by atoms with Crippen LogP contribution in [-0.2, 0) is 4.79 Å². The molecule has 2 heterocycles. The largest absolute Gasteiger partial charge is 0.395 e. The number of amides is 1. The molecule has 0 unspecified atom stereocenters. The van der Waals surface area contributed by atoms with Gasteiger partial charge < -0.3 is 10.0 Å². The van der Waals surface area contributed by atoms with Gasteiger partial charge in [0.1, 0.15) is 0 Å². The van der Waals surface area contributed by atoms with Crippen LogP contribution in [-0.4, -0.2) is 84.7 Å². The van der Waals surface area contributed by atoms with Gasteiger partial charge in [0.25, 0.3) is 0 Å². The number of β-amino-alcohol motifs (C(OH)–C–C–N with tert-alkyl or cyclic N) is 1. The van der Waals surface area contributed by atoms with Gasteiger partial charge in [0.15, 0.2) is 0 Å². The van der Waals surface area contributed by atoms with Crippen LogP contribution in [0.1, 0.15) is 26.2 Å². The van der Waals surface area contributed by atoms with Gasteiger partial charge in [-0.15, -0.1) is 0 Å². The van der Waals surface area contributed by atoms with Gasteiger partial charge in [-0.05, 0) is 38.3 Å². The molecule has 5 heteroatoms. The molecule has 1 amide bonds. The lowest BCUT2D eigenvalue weighted by atomic mass is 9.99. The van der Waals surface area contributed by atoms with Crippen LogP contribution in [0.4, 0.5) is 0 Å². The summed E-state index contributed by atoms with van der Waals surface area (Å²) in [5.74, 6) is 1.07. The van der Waals surface area contributed by atoms with E-state index >= 15 is 0 Å². The first-order valence-electron chi connectivity index (χ1n) is 8.02. The fourth-order valence-electron chi connectivity index (χ4n) is 3.10. The summed E-state index contributed by atoms with van der Waals surface area (Å²) in [6.07, 6.45) is 3.39. The minimum absolute atomic E-state index is 0.227. The Kier molecular flexibility index (Phi) is 6.26. The molecule has 0 aliphatic carbocycles. The van der Waals surface area contributed by atoms with Gasteiger partial charge in [0.2, 0.25) is 5.91 Å². The molecule has 2 fully saturated rings. The van der Waals surface area contributed by atoms with Crippen LogP contribution in [0.25, 0.3) is 0 Å². The molecule has 0 aromatic heterocycles.